The van der Waals surface area contributed by atoms with Gasteiger partial charge in [-0.05, 0) is 0 Å². The Kier molecular flexibility index (Phi) is 12.3. The molecule has 0 saturated heterocycles. The molecule has 0 heterocycles. The van der Waals surface area contributed by atoms with E-state index in [2.05, 4.69) is 182 Å². The Morgan fingerprint density at radius 2 is 1.06 bits per heavy atom. The van der Waals surface area contributed by atoms with Crippen molar-refractivity contribution in [3.8, 4) is 11.1 Å². The number of rotatable bonds is 4. The van der Waals surface area contributed by atoms with Gasteiger partial charge in [-0.15, -0.1) is 24.8 Å². The quantitative estimate of drug-likeness (QED) is 0.170. The first-order chi connectivity index (χ1) is 23.2. The summed E-state index contributed by atoms with van der Waals surface area (Å²) in [5, 5.41) is 0. The van der Waals surface area contributed by atoms with E-state index in [-0.39, 0.29) is 46.5 Å². The van der Waals surface area contributed by atoms with Crippen molar-refractivity contribution in [2.75, 3.05) is 0 Å². The van der Waals surface area contributed by atoms with E-state index < -0.39 is 21.3 Å². The van der Waals surface area contributed by atoms with E-state index >= 15 is 0 Å². The molecule has 0 spiro atoms. The number of fused-ring (bicyclic) bond motifs is 3. The maximum absolute atomic E-state index is 2.86. The van der Waals surface area contributed by atoms with Gasteiger partial charge in [0.1, 0.15) is 0 Å². The Bertz CT molecular complexity index is 2000. The van der Waals surface area contributed by atoms with Crippen LogP contribution in [-0.2, 0) is 49.3 Å². The summed E-state index contributed by atoms with van der Waals surface area (Å²) < 4.78 is 5.01. The summed E-state index contributed by atoms with van der Waals surface area (Å²) in [4.78, 5) is 0. The number of hydrogen-bond donors (Lipinski definition) is 0. The fourth-order valence-electron chi connectivity index (χ4n) is 8.35. The van der Waals surface area contributed by atoms with Crippen LogP contribution in [0.5, 0.6) is 0 Å². The van der Waals surface area contributed by atoms with E-state index in [0.717, 1.165) is 12.8 Å². The Morgan fingerprint density at radius 3 is 1.48 bits per heavy atom. The third-order valence-corrected chi connectivity index (χ3v) is 19.1. The van der Waals surface area contributed by atoms with Crippen LogP contribution in [0.3, 0.4) is 0 Å². The standard InChI is InChI=1S/C23H29.C21H26.C5H5.2ClH.Zr/c1-14-9-16-11-17-10-15(2)21(23(6,7)8)13-19(17)18(16)12-20(14)22(3,4)5;1-20(2,3)18-11-7-16(8-12-18)15-17-9-13-19(14-10-17)21(4,5)6;1-2-4-5-3-1;;;/h9,12-13H,11H2,1-8H3;7-14H,1-6H3;1-3H,4H2;2*1H;. The average Bonchev–Trinajstić information content (AvgIpc) is 3.66. The molecule has 6 rings (SSSR count). The second-order valence-electron chi connectivity index (χ2n) is 19.2. The molecule has 52 heavy (non-hydrogen) atoms. The van der Waals surface area contributed by atoms with Crippen molar-refractivity contribution in [2.45, 2.75) is 131 Å². The van der Waals surface area contributed by atoms with Gasteiger partial charge in [-0.25, -0.2) is 0 Å². The molecule has 0 unspecified atom stereocenters. The zero-order chi connectivity index (χ0) is 36.6. The first-order valence-electron chi connectivity index (χ1n) is 18.8. The van der Waals surface area contributed by atoms with Crippen LogP contribution in [-0.4, -0.2) is 3.21 Å². The average molecular weight is 813 g/mol. The minimum atomic E-state index is -2.86. The monoisotopic (exact) mass is 810 g/mol. The van der Waals surface area contributed by atoms with Crippen LogP contribution in [0.25, 0.3) is 11.1 Å². The molecular weight excluding hydrogens is 751 g/mol. The van der Waals surface area contributed by atoms with Gasteiger partial charge in [0.15, 0.2) is 0 Å². The van der Waals surface area contributed by atoms with Crippen molar-refractivity contribution >= 4 is 31.3 Å². The summed E-state index contributed by atoms with van der Waals surface area (Å²) in [6.45, 7) is 33.1. The molecule has 0 aliphatic heterocycles. The van der Waals surface area contributed by atoms with Gasteiger partial charge in [0.2, 0.25) is 0 Å². The van der Waals surface area contributed by atoms with Crippen LogP contribution in [0.1, 0.15) is 145 Å². The van der Waals surface area contributed by atoms with Crippen LogP contribution in [0.4, 0.5) is 0 Å². The summed E-state index contributed by atoms with van der Waals surface area (Å²) >= 11 is -2.86. The Labute approximate surface area is 336 Å². The Morgan fingerprint density at radius 1 is 0.577 bits per heavy atom. The topological polar surface area (TPSA) is 0 Å². The van der Waals surface area contributed by atoms with E-state index in [1.807, 2.05) is 0 Å². The van der Waals surface area contributed by atoms with Gasteiger partial charge in [-0.3, -0.25) is 0 Å². The predicted molar refractivity (Wildman–Crippen MR) is 231 cm³/mol. The number of halogens is 2. The van der Waals surface area contributed by atoms with E-state index in [0.29, 0.717) is 0 Å². The fourth-order valence-corrected chi connectivity index (χ4v) is 16.8. The minimum Gasteiger partial charge on any atom is -0.147 e. The number of hydrogen-bond acceptors (Lipinski definition) is 0. The van der Waals surface area contributed by atoms with Gasteiger partial charge in [0.25, 0.3) is 0 Å². The molecule has 0 atom stereocenters. The molecule has 3 heteroatoms. The van der Waals surface area contributed by atoms with Crippen molar-refractivity contribution in [1.29, 1.82) is 0 Å². The van der Waals surface area contributed by atoms with Gasteiger partial charge in [0.05, 0.1) is 0 Å². The van der Waals surface area contributed by atoms with Crippen molar-refractivity contribution in [1.82, 2.24) is 0 Å². The molecule has 276 valence electrons. The van der Waals surface area contributed by atoms with Crippen molar-refractivity contribution < 1.29 is 21.3 Å². The zero-order valence-corrected chi connectivity index (χ0v) is 38.4. The molecule has 0 amide bonds. The third-order valence-electron chi connectivity index (χ3n) is 11.1. The first-order valence-corrected chi connectivity index (χ1v) is 22.5. The smallest absolute Gasteiger partial charge is 0.147 e. The second-order valence-corrected chi connectivity index (χ2v) is 25.1. The molecular formula is C49H62Cl2Zr. The summed E-state index contributed by atoms with van der Waals surface area (Å²) in [7, 11) is 0. The molecule has 0 bridgehead atoms. The summed E-state index contributed by atoms with van der Waals surface area (Å²) in [6, 6.07) is 27.1. The van der Waals surface area contributed by atoms with Crippen LogP contribution in [0.15, 0.2) is 88.2 Å². The molecule has 0 saturated carbocycles. The summed E-state index contributed by atoms with van der Waals surface area (Å²) in [6.07, 6.45) is 9.32. The van der Waals surface area contributed by atoms with Crippen LogP contribution in [0.2, 0.25) is 0 Å². The van der Waals surface area contributed by atoms with Crippen molar-refractivity contribution in [2.24, 2.45) is 0 Å². The first kappa shape index (κ1) is 42.4. The van der Waals surface area contributed by atoms with Crippen molar-refractivity contribution in [3.05, 3.63) is 144 Å². The largest absolute Gasteiger partial charge is 0.147 e. The van der Waals surface area contributed by atoms with Gasteiger partial charge >= 0.3 is 314 Å². The molecule has 0 N–H and O–H groups in total. The van der Waals surface area contributed by atoms with E-state index in [1.54, 1.807) is 15.3 Å². The van der Waals surface area contributed by atoms with E-state index in [1.165, 1.54) is 61.2 Å². The van der Waals surface area contributed by atoms with Gasteiger partial charge in [-0.2, -0.15) is 0 Å². The van der Waals surface area contributed by atoms with Crippen molar-refractivity contribution in [3.63, 3.8) is 0 Å². The fraction of sp³-hybridized carbons (Fsp3) is 0.408. The van der Waals surface area contributed by atoms with E-state index in [9.17, 15) is 0 Å². The Hall–Kier alpha value is -2.31. The summed E-state index contributed by atoms with van der Waals surface area (Å²) in [5.41, 5.74) is 17.9. The number of allylic oxidation sites excluding steroid dienone is 4. The van der Waals surface area contributed by atoms with Gasteiger partial charge in [0, 0.05) is 0 Å². The zero-order valence-electron chi connectivity index (χ0n) is 34.3. The van der Waals surface area contributed by atoms with Gasteiger partial charge < -0.3 is 0 Å². The van der Waals surface area contributed by atoms with E-state index in [4.69, 9.17) is 0 Å². The van der Waals surface area contributed by atoms with Crippen LogP contribution < -0.4 is 3.27 Å². The SMILES string of the molecule is Cc1cc2c(cc1C(C)(C)C)-c1cc(C(C)(C)C)c(C)[c]([Zr]([C]3=CC=CC3)=[C](c3ccc(C(C)(C)C)cc3)c3ccc(C(C)(C)C)cc3)c1C2.Cl.Cl. The molecule has 0 fully saturated rings. The summed E-state index contributed by atoms with van der Waals surface area (Å²) in [5.74, 6) is 0. The molecule has 0 aromatic heterocycles. The molecule has 0 nitrogen and oxygen atoms in total. The molecule has 2 aliphatic rings. The normalized spacial score (nSPS) is 13.9. The molecule has 2 aliphatic carbocycles. The van der Waals surface area contributed by atoms with Crippen LogP contribution >= 0.6 is 24.8 Å². The third kappa shape index (κ3) is 8.19. The molecule has 4 aromatic carbocycles. The second kappa shape index (κ2) is 15.1. The minimum absolute atomic E-state index is 0. The molecule has 0 radical (unpaired) electrons. The number of aryl methyl sites for hydroxylation is 1. The maximum Gasteiger partial charge on any atom is -0.147 e. The maximum atomic E-state index is 2.60. The molecule has 4 aromatic rings. The van der Waals surface area contributed by atoms with Crippen LogP contribution in [0, 0.1) is 13.8 Å². The number of benzene rings is 4. The van der Waals surface area contributed by atoms with Gasteiger partial charge in [-0.1, -0.05) is 0 Å². The Balaban J connectivity index is 0.00000302. The predicted octanol–water partition coefficient (Wildman–Crippen LogP) is 13.3.